The van der Waals surface area contributed by atoms with Gasteiger partial charge < -0.3 is 0 Å². The van der Waals surface area contributed by atoms with E-state index in [0.717, 1.165) is 11.3 Å². The van der Waals surface area contributed by atoms with Crippen molar-refractivity contribution in [3.63, 3.8) is 0 Å². The number of benzene rings is 1. The van der Waals surface area contributed by atoms with Crippen LogP contribution in [0.5, 0.6) is 0 Å². The van der Waals surface area contributed by atoms with Gasteiger partial charge in [-0.05, 0) is 36.4 Å². The average molecular weight is 214 g/mol. The van der Waals surface area contributed by atoms with Gasteiger partial charge in [0.05, 0.1) is 5.69 Å². The molecule has 1 aromatic carbocycles. The SMILES string of the molecule is Fc1ccc(-c2ccc3nncn3n2)cc1. The van der Waals surface area contributed by atoms with Gasteiger partial charge in [0.15, 0.2) is 5.65 Å². The Kier molecular flexibility index (Phi) is 1.89. The summed E-state index contributed by atoms with van der Waals surface area (Å²) < 4.78 is 14.3. The molecular formula is C11H7FN4. The lowest BCUT2D eigenvalue weighted by Gasteiger charge is -2.00. The van der Waals surface area contributed by atoms with Crippen molar-refractivity contribution in [2.24, 2.45) is 0 Å². The molecule has 0 atom stereocenters. The molecule has 16 heavy (non-hydrogen) atoms. The number of fused-ring (bicyclic) bond motifs is 1. The van der Waals surface area contributed by atoms with Crippen molar-refractivity contribution in [3.05, 3.63) is 48.5 Å². The Morgan fingerprint density at radius 1 is 1.00 bits per heavy atom. The van der Waals surface area contributed by atoms with E-state index < -0.39 is 0 Å². The van der Waals surface area contributed by atoms with Crippen molar-refractivity contribution in [2.75, 3.05) is 0 Å². The van der Waals surface area contributed by atoms with Crippen LogP contribution in [0.3, 0.4) is 0 Å². The van der Waals surface area contributed by atoms with Crippen molar-refractivity contribution >= 4 is 5.65 Å². The van der Waals surface area contributed by atoms with E-state index in [1.807, 2.05) is 12.1 Å². The summed E-state index contributed by atoms with van der Waals surface area (Å²) in [4.78, 5) is 0. The maximum absolute atomic E-state index is 12.8. The first-order chi connectivity index (χ1) is 7.83. The van der Waals surface area contributed by atoms with Crippen LogP contribution in [0.15, 0.2) is 42.7 Å². The van der Waals surface area contributed by atoms with E-state index in [1.54, 1.807) is 16.6 Å². The molecule has 5 heteroatoms. The van der Waals surface area contributed by atoms with Crippen molar-refractivity contribution in [3.8, 4) is 11.3 Å². The first-order valence-electron chi connectivity index (χ1n) is 4.76. The lowest BCUT2D eigenvalue weighted by atomic mass is 10.1. The van der Waals surface area contributed by atoms with Gasteiger partial charge in [-0.2, -0.15) is 9.61 Å². The van der Waals surface area contributed by atoms with E-state index in [0.29, 0.717) is 5.65 Å². The van der Waals surface area contributed by atoms with Crippen molar-refractivity contribution in [2.45, 2.75) is 0 Å². The van der Waals surface area contributed by atoms with Crippen molar-refractivity contribution in [1.29, 1.82) is 0 Å². The molecule has 0 aliphatic heterocycles. The fourth-order valence-corrected chi connectivity index (χ4v) is 1.50. The van der Waals surface area contributed by atoms with Gasteiger partial charge in [0.2, 0.25) is 0 Å². The molecule has 0 unspecified atom stereocenters. The van der Waals surface area contributed by atoms with E-state index in [9.17, 15) is 4.39 Å². The topological polar surface area (TPSA) is 43.1 Å². The van der Waals surface area contributed by atoms with Crippen molar-refractivity contribution in [1.82, 2.24) is 19.8 Å². The van der Waals surface area contributed by atoms with Crippen LogP contribution < -0.4 is 0 Å². The molecule has 0 fully saturated rings. The summed E-state index contributed by atoms with van der Waals surface area (Å²) in [7, 11) is 0. The Morgan fingerprint density at radius 3 is 2.62 bits per heavy atom. The van der Waals surface area contributed by atoms with Gasteiger partial charge in [0.1, 0.15) is 12.1 Å². The van der Waals surface area contributed by atoms with Gasteiger partial charge in [0, 0.05) is 5.56 Å². The maximum Gasteiger partial charge on any atom is 0.177 e. The minimum Gasteiger partial charge on any atom is -0.207 e. The zero-order valence-corrected chi connectivity index (χ0v) is 8.21. The van der Waals surface area contributed by atoms with Gasteiger partial charge in [-0.1, -0.05) is 0 Å². The molecular weight excluding hydrogens is 207 g/mol. The third-order valence-electron chi connectivity index (χ3n) is 2.30. The average Bonchev–Trinajstić information content (AvgIpc) is 2.77. The normalized spacial score (nSPS) is 10.8. The third-order valence-corrected chi connectivity index (χ3v) is 2.30. The minimum atomic E-state index is -0.255. The first-order valence-corrected chi connectivity index (χ1v) is 4.76. The predicted octanol–water partition coefficient (Wildman–Crippen LogP) is 1.93. The summed E-state index contributed by atoms with van der Waals surface area (Å²) in [5.41, 5.74) is 2.30. The van der Waals surface area contributed by atoms with Crippen LogP contribution in [0.4, 0.5) is 4.39 Å². The van der Waals surface area contributed by atoms with Gasteiger partial charge in [-0.3, -0.25) is 0 Å². The Morgan fingerprint density at radius 2 is 1.81 bits per heavy atom. The molecule has 2 aromatic heterocycles. The highest BCUT2D eigenvalue weighted by Crippen LogP contribution is 2.16. The summed E-state index contributed by atoms with van der Waals surface area (Å²) in [5.74, 6) is -0.255. The van der Waals surface area contributed by atoms with Crippen LogP contribution in [0, 0.1) is 5.82 Å². The summed E-state index contributed by atoms with van der Waals surface area (Å²) in [6.45, 7) is 0. The molecule has 2 heterocycles. The van der Waals surface area contributed by atoms with Crippen LogP contribution in [-0.4, -0.2) is 19.8 Å². The number of aromatic nitrogens is 4. The van der Waals surface area contributed by atoms with Gasteiger partial charge in [-0.15, -0.1) is 10.2 Å². The summed E-state index contributed by atoms with van der Waals surface area (Å²) in [5, 5.41) is 11.9. The van der Waals surface area contributed by atoms with E-state index in [2.05, 4.69) is 15.3 Å². The second kappa shape index (κ2) is 3.37. The fraction of sp³-hybridized carbons (Fsp3) is 0. The largest absolute Gasteiger partial charge is 0.207 e. The van der Waals surface area contributed by atoms with Crippen LogP contribution in [0.1, 0.15) is 0 Å². The van der Waals surface area contributed by atoms with E-state index >= 15 is 0 Å². The maximum atomic E-state index is 12.8. The lowest BCUT2D eigenvalue weighted by molar-refractivity contribution is 0.628. The molecule has 0 spiro atoms. The molecule has 0 bridgehead atoms. The highest BCUT2D eigenvalue weighted by Gasteiger charge is 2.02. The molecule has 0 saturated carbocycles. The first kappa shape index (κ1) is 8.96. The van der Waals surface area contributed by atoms with E-state index in [4.69, 9.17) is 0 Å². The summed E-state index contributed by atoms with van der Waals surface area (Å²) in [6.07, 6.45) is 1.53. The molecule has 0 N–H and O–H groups in total. The predicted molar refractivity (Wildman–Crippen MR) is 56.2 cm³/mol. The Labute approximate surface area is 90.4 Å². The smallest absolute Gasteiger partial charge is 0.177 e. The third kappa shape index (κ3) is 1.42. The molecule has 0 saturated heterocycles. The molecule has 0 radical (unpaired) electrons. The lowest BCUT2D eigenvalue weighted by Crippen LogP contribution is -1.92. The molecule has 4 nitrogen and oxygen atoms in total. The van der Waals surface area contributed by atoms with Crippen LogP contribution >= 0.6 is 0 Å². The highest BCUT2D eigenvalue weighted by molar-refractivity contribution is 5.59. The Bertz CT molecular complexity index is 630. The van der Waals surface area contributed by atoms with Gasteiger partial charge in [0.25, 0.3) is 0 Å². The van der Waals surface area contributed by atoms with Crippen LogP contribution in [0.25, 0.3) is 16.9 Å². The molecule has 78 valence electrons. The van der Waals surface area contributed by atoms with E-state index in [-0.39, 0.29) is 5.82 Å². The number of rotatable bonds is 1. The van der Waals surface area contributed by atoms with E-state index in [1.165, 1.54) is 18.5 Å². The summed E-state index contributed by atoms with van der Waals surface area (Å²) >= 11 is 0. The minimum absolute atomic E-state index is 0.255. The van der Waals surface area contributed by atoms with Gasteiger partial charge in [-0.25, -0.2) is 4.39 Å². The molecule has 0 aliphatic rings. The number of halogens is 1. The van der Waals surface area contributed by atoms with Crippen LogP contribution in [0.2, 0.25) is 0 Å². The monoisotopic (exact) mass is 214 g/mol. The Balaban J connectivity index is 2.14. The number of nitrogens with zero attached hydrogens (tertiary/aromatic N) is 4. The number of hydrogen-bond acceptors (Lipinski definition) is 3. The second-order valence-electron chi connectivity index (χ2n) is 3.36. The summed E-state index contributed by atoms with van der Waals surface area (Å²) in [6, 6.07) is 9.85. The van der Waals surface area contributed by atoms with Gasteiger partial charge >= 0.3 is 0 Å². The van der Waals surface area contributed by atoms with Crippen LogP contribution in [-0.2, 0) is 0 Å². The fourth-order valence-electron chi connectivity index (χ4n) is 1.50. The molecule has 0 amide bonds. The number of hydrogen-bond donors (Lipinski definition) is 0. The standard InChI is InChI=1S/C11H7FN4/c12-9-3-1-8(2-4-9)10-5-6-11-14-13-7-16(11)15-10/h1-7H. The zero-order valence-electron chi connectivity index (χ0n) is 8.21. The van der Waals surface area contributed by atoms with Crippen molar-refractivity contribution < 1.29 is 4.39 Å². The Hall–Kier alpha value is -2.30. The molecule has 3 rings (SSSR count). The molecule has 0 aliphatic carbocycles. The second-order valence-corrected chi connectivity index (χ2v) is 3.36. The quantitative estimate of drug-likeness (QED) is 0.621. The molecule has 3 aromatic rings. The zero-order chi connectivity index (χ0) is 11.0. The highest BCUT2D eigenvalue weighted by atomic mass is 19.1.